The normalized spacial score (nSPS) is 9.80. The average molecular weight is 333 g/mol. The second-order valence-electron chi connectivity index (χ2n) is 4.02. The van der Waals surface area contributed by atoms with Crippen LogP contribution in [0.5, 0.6) is 11.5 Å². The van der Waals surface area contributed by atoms with Crippen LogP contribution in [0.4, 0.5) is 5.69 Å². The smallest absolute Gasteiger partial charge is 0.137 e. The first kappa shape index (κ1) is 14.2. The fraction of sp³-hybridized carbons (Fsp3) is 0.133. The van der Waals surface area contributed by atoms with Crippen LogP contribution in [0, 0.1) is 11.3 Å². The van der Waals surface area contributed by atoms with E-state index < -0.39 is 0 Å². The van der Waals surface area contributed by atoms with Gasteiger partial charge in [0.05, 0.1) is 5.56 Å². The highest BCUT2D eigenvalue weighted by atomic mass is 79.9. The van der Waals surface area contributed by atoms with Crippen molar-refractivity contribution in [2.45, 2.75) is 0 Å². The summed E-state index contributed by atoms with van der Waals surface area (Å²) >= 11 is 3.37. The van der Waals surface area contributed by atoms with Crippen LogP contribution in [0.2, 0.25) is 0 Å². The molecule has 0 aliphatic carbocycles. The Morgan fingerprint density at radius 1 is 1.10 bits per heavy atom. The molecule has 0 saturated heterocycles. The van der Waals surface area contributed by atoms with Crippen molar-refractivity contribution >= 4 is 21.6 Å². The van der Waals surface area contributed by atoms with Gasteiger partial charge in [0, 0.05) is 10.2 Å². The molecule has 0 atom stereocenters. The first-order chi connectivity index (χ1) is 9.69. The van der Waals surface area contributed by atoms with Gasteiger partial charge in [-0.1, -0.05) is 22.0 Å². The molecule has 0 bridgehead atoms. The summed E-state index contributed by atoms with van der Waals surface area (Å²) in [7, 11) is 0. The Kier molecular flexibility index (Phi) is 4.85. The number of benzene rings is 2. The number of hydrogen-bond acceptors (Lipinski definition) is 4. The Morgan fingerprint density at radius 2 is 1.90 bits per heavy atom. The Balaban J connectivity index is 1.86. The van der Waals surface area contributed by atoms with Crippen molar-refractivity contribution in [1.29, 1.82) is 5.26 Å². The highest BCUT2D eigenvalue weighted by molar-refractivity contribution is 9.10. The predicted octanol–water partition coefficient (Wildman–Crippen LogP) is 3.36. The molecular weight excluding hydrogens is 320 g/mol. The van der Waals surface area contributed by atoms with E-state index in [2.05, 4.69) is 22.0 Å². The van der Waals surface area contributed by atoms with Gasteiger partial charge >= 0.3 is 0 Å². The molecule has 5 heteroatoms. The van der Waals surface area contributed by atoms with Gasteiger partial charge in [-0.2, -0.15) is 5.26 Å². The maximum Gasteiger partial charge on any atom is 0.137 e. The number of nitrogen functional groups attached to an aromatic ring is 1. The van der Waals surface area contributed by atoms with Gasteiger partial charge in [0.1, 0.15) is 30.8 Å². The third kappa shape index (κ3) is 3.90. The summed E-state index contributed by atoms with van der Waals surface area (Å²) < 4.78 is 12.0. The zero-order chi connectivity index (χ0) is 14.4. The Hall–Kier alpha value is -2.19. The van der Waals surface area contributed by atoms with E-state index in [1.165, 1.54) is 0 Å². The van der Waals surface area contributed by atoms with Gasteiger partial charge in [0.15, 0.2) is 0 Å². The summed E-state index contributed by atoms with van der Waals surface area (Å²) in [5.41, 5.74) is 6.58. The van der Waals surface area contributed by atoms with E-state index in [1.54, 1.807) is 18.2 Å². The lowest BCUT2D eigenvalue weighted by atomic mass is 10.2. The van der Waals surface area contributed by atoms with Crippen molar-refractivity contribution < 1.29 is 9.47 Å². The number of nitrogens with zero attached hydrogens (tertiary/aromatic N) is 1. The van der Waals surface area contributed by atoms with E-state index >= 15 is 0 Å². The minimum absolute atomic E-state index is 0.352. The van der Waals surface area contributed by atoms with Gasteiger partial charge in [-0.3, -0.25) is 0 Å². The molecule has 102 valence electrons. The van der Waals surface area contributed by atoms with Crippen LogP contribution >= 0.6 is 15.9 Å². The number of hydrogen-bond donors (Lipinski definition) is 1. The molecule has 0 unspecified atom stereocenters. The maximum absolute atomic E-state index is 8.99. The van der Waals surface area contributed by atoms with Crippen molar-refractivity contribution in [2.24, 2.45) is 0 Å². The summed E-state index contributed by atoms with van der Waals surface area (Å²) in [6.07, 6.45) is 0. The fourth-order valence-electron chi connectivity index (χ4n) is 1.63. The third-order valence-corrected chi connectivity index (χ3v) is 3.02. The van der Waals surface area contributed by atoms with Crippen molar-refractivity contribution in [2.75, 3.05) is 18.9 Å². The molecule has 2 aromatic carbocycles. The van der Waals surface area contributed by atoms with Crippen LogP contribution in [0.15, 0.2) is 46.9 Å². The quantitative estimate of drug-likeness (QED) is 0.673. The molecule has 0 heterocycles. The molecule has 0 saturated carbocycles. The molecule has 2 rings (SSSR count). The van der Waals surface area contributed by atoms with Gasteiger partial charge in [-0.25, -0.2) is 0 Å². The summed E-state index contributed by atoms with van der Waals surface area (Å²) in [6.45, 7) is 0.747. The molecule has 4 nitrogen and oxygen atoms in total. The van der Waals surface area contributed by atoms with Crippen LogP contribution in [0.1, 0.15) is 5.56 Å². The van der Waals surface area contributed by atoms with Crippen molar-refractivity contribution in [3.8, 4) is 17.6 Å². The molecule has 0 fully saturated rings. The maximum atomic E-state index is 8.99. The summed E-state index contributed by atoms with van der Waals surface area (Å²) in [6, 6.07) is 14.6. The molecule has 20 heavy (non-hydrogen) atoms. The molecule has 0 aliphatic heterocycles. The average Bonchev–Trinajstić information content (AvgIpc) is 2.45. The summed E-state index contributed by atoms with van der Waals surface area (Å²) in [5.74, 6) is 1.28. The van der Waals surface area contributed by atoms with Crippen LogP contribution in [0.25, 0.3) is 0 Å². The lowest BCUT2D eigenvalue weighted by Gasteiger charge is -2.10. The van der Waals surface area contributed by atoms with Crippen LogP contribution in [-0.2, 0) is 0 Å². The van der Waals surface area contributed by atoms with Gasteiger partial charge in [0.2, 0.25) is 0 Å². The molecule has 0 radical (unpaired) electrons. The van der Waals surface area contributed by atoms with E-state index in [4.69, 9.17) is 20.5 Å². The number of rotatable bonds is 5. The van der Waals surface area contributed by atoms with E-state index in [0.717, 1.165) is 10.2 Å². The highest BCUT2D eigenvalue weighted by Gasteiger charge is 2.03. The Morgan fingerprint density at radius 3 is 2.65 bits per heavy atom. The van der Waals surface area contributed by atoms with Gasteiger partial charge in [-0.15, -0.1) is 0 Å². The topological polar surface area (TPSA) is 68.3 Å². The highest BCUT2D eigenvalue weighted by Crippen LogP contribution is 2.21. The van der Waals surface area contributed by atoms with Crippen molar-refractivity contribution in [1.82, 2.24) is 0 Å². The van der Waals surface area contributed by atoms with E-state index in [9.17, 15) is 0 Å². The standard InChI is InChI=1S/C15H13BrN2O2/c16-12-2-1-3-14(9-12)19-6-7-20-15-5-4-13(18)8-11(15)10-17/h1-5,8-9H,6-7,18H2. The zero-order valence-corrected chi connectivity index (χ0v) is 12.3. The van der Waals surface area contributed by atoms with Crippen LogP contribution in [-0.4, -0.2) is 13.2 Å². The first-order valence-corrected chi connectivity index (χ1v) is 6.79. The SMILES string of the molecule is N#Cc1cc(N)ccc1OCCOc1cccc(Br)c1. The van der Waals surface area contributed by atoms with Crippen LogP contribution in [0.3, 0.4) is 0 Å². The zero-order valence-electron chi connectivity index (χ0n) is 10.7. The lowest BCUT2D eigenvalue weighted by molar-refractivity contribution is 0.216. The van der Waals surface area contributed by atoms with Crippen molar-refractivity contribution in [3.63, 3.8) is 0 Å². The first-order valence-electron chi connectivity index (χ1n) is 6.00. The lowest BCUT2D eigenvalue weighted by Crippen LogP contribution is -2.09. The fourth-order valence-corrected chi connectivity index (χ4v) is 2.01. The minimum atomic E-state index is 0.352. The minimum Gasteiger partial charge on any atom is -0.490 e. The molecule has 0 aromatic heterocycles. The molecule has 0 aliphatic rings. The largest absolute Gasteiger partial charge is 0.490 e. The number of nitriles is 1. The predicted molar refractivity (Wildman–Crippen MR) is 80.7 cm³/mol. The second-order valence-corrected chi connectivity index (χ2v) is 4.94. The van der Waals surface area contributed by atoms with E-state index in [-0.39, 0.29) is 0 Å². The van der Waals surface area contributed by atoms with Crippen LogP contribution < -0.4 is 15.2 Å². The molecule has 2 aromatic rings. The number of anilines is 1. The van der Waals surface area contributed by atoms with Gasteiger partial charge in [-0.05, 0) is 36.4 Å². The van der Waals surface area contributed by atoms with Gasteiger partial charge < -0.3 is 15.2 Å². The monoisotopic (exact) mass is 332 g/mol. The molecule has 0 amide bonds. The molecule has 0 spiro atoms. The molecule has 2 N–H and O–H groups in total. The number of halogens is 1. The van der Waals surface area contributed by atoms with Crippen molar-refractivity contribution in [3.05, 3.63) is 52.5 Å². The van der Waals surface area contributed by atoms with E-state index in [1.807, 2.05) is 24.3 Å². The second kappa shape index (κ2) is 6.83. The molecular formula is C15H13BrN2O2. The summed E-state index contributed by atoms with van der Waals surface area (Å²) in [4.78, 5) is 0. The van der Waals surface area contributed by atoms with Gasteiger partial charge in [0.25, 0.3) is 0 Å². The summed E-state index contributed by atoms with van der Waals surface area (Å²) in [5, 5.41) is 8.99. The number of nitrogens with two attached hydrogens (primary N) is 1. The number of ether oxygens (including phenoxy) is 2. The van der Waals surface area contributed by atoms with E-state index in [0.29, 0.717) is 30.2 Å². The Bertz CT molecular complexity index is 638. The Labute approximate surface area is 125 Å². The third-order valence-electron chi connectivity index (χ3n) is 2.53.